The van der Waals surface area contributed by atoms with Crippen LogP contribution in [-0.4, -0.2) is 19.9 Å². The van der Waals surface area contributed by atoms with Crippen LogP contribution in [0, 0.1) is 0 Å². The molecule has 4 heteroatoms. The molecule has 8 aromatic carbocycles. The molecule has 1 unspecified atom stereocenters. The van der Waals surface area contributed by atoms with E-state index in [4.69, 9.17) is 19.9 Å². The fourth-order valence-electron chi connectivity index (χ4n) is 9.60. The first kappa shape index (κ1) is 33.3. The molecule has 2 aromatic heterocycles. The molecule has 0 bridgehead atoms. The zero-order valence-corrected chi connectivity index (χ0v) is 31.9. The lowest BCUT2D eigenvalue weighted by atomic mass is 9.69. The van der Waals surface area contributed by atoms with Crippen molar-refractivity contribution >= 4 is 10.8 Å². The molecule has 59 heavy (non-hydrogen) atoms. The van der Waals surface area contributed by atoms with Crippen LogP contribution < -0.4 is 0 Å². The van der Waals surface area contributed by atoms with E-state index < -0.39 is 5.41 Å². The number of hydrogen-bond donors (Lipinski definition) is 0. The quantitative estimate of drug-likeness (QED) is 0.176. The van der Waals surface area contributed by atoms with Gasteiger partial charge in [-0.1, -0.05) is 194 Å². The molecule has 0 fully saturated rings. The van der Waals surface area contributed by atoms with Crippen molar-refractivity contribution in [3.05, 3.63) is 229 Å². The van der Waals surface area contributed by atoms with Gasteiger partial charge in [0.15, 0.2) is 17.5 Å². The molecule has 12 rings (SSSR count). The van der Waals surface area contributed by atoms with Crippen LogP contribution in [0.15, 0.2) is 206 Å². The van der Waals surface area contributed by atoms with Gasteiger partial charge in [-0.15, -0.1) is 0 Å². The van der Waals surface area contributed by atoms with E-state index >= 15 is 0 Å². The lowest BCUT2D eigenvalue weighted by Gasteiger charge is -2.31. The van der Waals surface area contributed by atoms with Gasteiger partial charge < -0.3 is 0 Å². The number of pyridine rings is 1. The number of aromatic nitrogens is 4. The number of fused-ring (bicyclic) bond motifs is 12. The molecule has 2 aliphatic rings. The summed E-state index contributed by atoms with van der Waals surface area (Å²) >= 11 is 0. The SMILES string of the molecule is c1ccc(-c2nc(-c3ccccc3)nc(-c3cccc(-c4ccc5c(c4)C4(c6ccccc6-5)c5ccccc5-c5nc(-c6ccccc6)c6ccccc6c54)c3)n2)cc1. The van der Waals surface area contributed by atoms with Crippen LogP contribution in [0.1, 0.15) is 22.3 Å². The Morgan fingerprint density at radius 2 is 0.746 bits per heavy atom. The molecule has 0 saturated carbocycles. The van der Waals surface area contributed by atoms with Crippen LogP contribution in [0.3, 0.4) is 0 Å². The number of nitrogens with zero attached hydrogens (tertiary/aromatic N) is 4. The maximum atomic E-state index is 5.62. The van der Waals surface area contributed by atoms with E-state index in [1.54, 1.807) is 0 Å². The van der Waals surface area contributed by atoms with E-state index in [0.29, 0.717) is 17.5 Å². The molecule has 0 amide bonds. The van der Waals surface area contributed by atoms with Gasteiger partial charge in [-0.2, -0.15) is 0 Å². The standard InChI is InChI=1S/C55H34N4/c1-4-17-35(18-5-1)50-44-27-11-10-26-43(44)49-51(56-50)45-28-13-15-30-47(45)55(49)46-29-14-12-25-41(46)42-32-31-39(34-48(42)55)38-23-16-24-40(33-38)54-58-52(36-19-6-2-7-20-36)57-53(59-54)37-21-8-3-9-22-37/h1-34H. The van der Waals surface area contributed by atoms with Crippen molar-refractivity contribution in [1.29, 1.82) is 0 Å². The van der Waals surface area contributed by atoms with Gasteiger partial charge in [0.05, 0.1) is 16.8 Å². The molecular formula is C55H34N4. The van der Waals surface area contributed by atoms with Gasteiger partial charge in [0.1, 0.15) is 0 Å². The molecule has 0 saturated heterocycles. The van der Waals surface area contributed by atoms with Crippen LogP contribution in [-0.2, 0) is 5.41 Å². The zero-order valence-electron chi connectivity index (χ0n) is 31.9. The van der Waals surface area contributed by atoms with Crippen LogP contribution in [0.2, 0.25) is 0 Å². The van der Waals surface area contributed by atoms with E-state index in [9.17, 15) is 0 Å². The lowest BCUT2D eigenvalue weighted by molar-refractivity contribution is 0.800. The smallest absolute Gasteiger partial charge is 0.164 e. The summed E-state index contributed by atoms with van der Waals surface area (Å²) in [6, 6.07) is 73.2. The zero-order chi connectivity index (χ0) is 38.9. The summed E-state index contributed by atoms with van der Waals surface area (Å²) in [4.78, 5) is 20.7. The number of benzene rings is 8. The normalized spacial score (nSPS) is 14.5. The summed E-state index contributed by atoms with van der Waals surface area (Å²) in [7, 11) is 0. The van der Waals surface area contributed by atoms with Crippen molar-refractivity contribution in [2.45, 2.75) is 5.41 Å². The maximum Gasteiger partial charge on any atom is 0.164 e. The minimum Gasteiger partial charge on any atom is -0.247 e. The third kappa shape index (κ3) is 5.03. The molecule has 0 radical (unpaired) electrons. The highest BCUT2D eigenvalue weighted by Crippen LogP contribution is 2.64. The van der Waals surface area contributed by atoms with E-state index in [0.717, 1.165) is 50.2 Å². The highest BCUT2D eigenvalue weighted by Gasteiger charge is 2.53. The Bertz CT molecular complexity index is 3210. The Kier molecular flexibility index (Phi) is 7.41. The van der Waals surface area contributed by atoms with Crippen LogP contribution in [0.5, 0.6) is 0 Å². The molecule has 10 aromatic rings. The maximum absolute atomic E-state index is 5.62. The van der Waals surface area contributed by atoms with Gasteiger partial charge in [0.25, 0.3) is 0 Å². The third-order valence-corrected chi connectivity index (χ3v) is 12.1. The van der Waals surface area contributed by atoms with Gasteiger partial charge in [0.2, 0.25) is 0 Å². The van der Waals surface area contributed by atoms with Crippen molar-refractivity contribution in [3.63, 3.8) is 0 Å². The molecule has 1 atom stereocenters. The third-order valence-electron chi connectivity index (χ3n) is 12.1. The molecular weight excluding hydrogens is 717 g/mol. The second-order valence-corrected chi connectivity index (χ2v) is 15.3. The van der Waals surface area contributed by atoms with Gasteiger partial charge in [-0.05, 0) is 56.5 Å². The first-order chi connectivity index (χ1) is 29.3. The Hall–Kier alpha value is -7.82. The summed E-state index contributed by atoms with van der Waals surface area (Å²) in [6.07, 6.45) is 0. The molecule has 4 nitrogen and oxygen atoms in total. The molecule has 1 spiro atoms. The highest BCUT2D eigenvalue weighted by atomic mass is 15.0. The van der Waals surface area contributed by atoms with Gasteiger partial charge in [-0.3, -0.25) is 0 Å². The molecule has 0 N–H and O–H groups in total. The second-order valence-electron chi connectivity index (χ2n) is 15.3. The highest BCUT2D eigenvalue weighted by molar-refractivity contribution is 6.07. The van der Waals surface area contributed by atoms with Crippen LogP contribution in [0.4, 0.5) is 0 Å². The van der Waals surface area contributed by atoms with Crippen molar-refractivity contribution in [2.24, 2.45) is 0 Å². The summed E-state index contributed by atoms with van der Waals surface area (Å²) < 4.78 is 0. The fraction of sp³-hybridized carbons (Fsp3) is 0.0182. The van der Waals surface area contributed by atoms with Crippen molar-refractivity contribution in [2.75, 3.05) is 0 Å². The average Bonchev–Trinajstić information content (AvgIpc) is 3.79. The van der Waals surface area contributed by atoms with Crippen molar-refractivity contribution in [3.8, 4) is 78.9 Å². The molecule has 2 aliphatic carbocycles. The average molecular weight is 751 g/mol. The Labute approximate surface area is 342 Å². The largest absolute Gasteiger partial charge is 0.247 e. The fourth-order valence-corrected chi connectivity index (χ4v) is 9.60. The van der Waals surface area contributed by atoms with E-state index in [1.807, 2.05) is 60.7 Å². The predicted octanol–water partition coefficient (Wildman–Crippen LogP) is 13.1. The number of rotatable bonds is 5. The number of hydrogen-bond acceptors (Lipinski definition) is 4. The topological polar surface area (TPSA) is 51.6 Å². The lowest BCUT2D eigenvalue weighted by Crippen LogP contribution is -2.26. The van der Waals surface area contributed by atoms with Crippen molar-refractivity contribution in [1.82, 2.24) is 19.9 Å². The van der Waals surface area contributed by atoms with E-state index in [2.05, 4.69) is 146 Å². The monoisotopic (exact) mass is 750 g/mol. The van der Waals surface area contributed by atoms with Crippen LogP contribution in [0.25, 0.3) is 89.7 Å². The first-order valence-corrected chi connectivity index (χ1v) is 20.1. The van der Waals surface area contributed by atoms with Crippen molar-refractivity contribution < 1.29 is 0 Å². The second kappa shape index (κ2) is 13.1. The summed E-state index contributed by atoms with van der Waals surface area (Å²) in [6.45, 7) is 0. The molecule has 274 valence electrons. The van der Waals surface area contributed by atoms with Gasteiger partial charge in [0, 0.05) is 38.8 Å². The minimum absolute atomic E-state index is 0.573. The Morgan fingerprint density at radius 1 is 0.271 bits per heavy atom. The van der Waals surface area contributed by atoms with Crippen LogP contribution >= 0.6 is 0 Å². The Balaban J connectivity index is 1.08. The molecule has 0 aliphatic heterocycles. The van der Waals surface area contributed by atoms with E-state index in [1.165, 1.54) is 44.3 Å². The van der Waals surface area contributed by atoms with Gasteiger partial charge in [-0.25, -0.2) is 19.9 Å². The predicted molar refractivity (Wildman–Crippen MR) is 239 cm³/mol. The first-order valence-electron chi connectivity index (χ1n) is 20.1. The Morgan fingerprint density at radius 3 is 1.42 bits per heavy atom. The summed E-state index contributed by atoms with van der Waals surface area (Å²) in [5.74, 6) is 1.92. The van der Waals surface area contributed by atoms with E-state index in [-0.39, 0.29) is 0 Å². The minimum atomic E-state index is -0.573. The van der Waals surface area contributed by atoms with Gasteiger partial charge >= 0.3 is 0 Å². The molecule has 2 heterocycles. The summed E-state index contributed by atoms with van der Waals surface area (Å²) in [5.41, 5.74) is 16.4. The summed E-state index contributed by atoms with van der Waals surface area (Å²) in [5, 5.41) is 2.38.